The second kappa shape index (κ2) is 9.30. The van der Waals surface area contributed by atoms with Gasteiger partial charge in [-0.25, -0.2) is 0 Å². The van der Waals surface area contributed by atoms with Crippen molar-refractivity contribution in [1.82, 2.24) is 0 Å². The first-order valence-corrected chi connectivity index (χ1v) is 11.7. The van der Waals surface area contributed by atoms with E-state index in [1.807, 2.05) is 0 Å². The van der Waals surface area contributed by atoms with Crippen molar-refractivity contribution in [2.24, 2.45) is 23.2 Å². The largest absolute Gasteiger partial charge is 0.393 e. The van der Waals surface area contributed by atoms with Crippen molar-refractivity contribution in [2.75, 3.05) is 6.61 Å². The molecule has 0 aliphatic heterocycles. The Morgan fingerprint density at radius 1 is 1.18 bits per heavy atom. The lowest BCUT2D eigenvalue weighted by molar-refractivity contribution is -0.0279. The summed E-state index contributed by atoms with van der Waals surface area (Å²) in [4.78, 5) is 0. The minimum atomic E-state index is -0.188. The number of aliphatic hydroxyl groups is 1. The van der Waals surface area contributed by atoms with Crippen LogP contribution >= 0.6 is 0 Å². The maximum atomic E-state index is 10.0. The van der Waals surface area contributed by atoms with Crippen molar-refractivity contribution in [2.45, 2.75) is 97.7 Å². The van der Waals surface area contributed by atoms with Crippen LogP contribution in [0, 0.1) is 23.2 Å². The number of fused-ring (bicyclic) bond motifs is 1. The molecule has 0 amide bonds. The Hall–Kier alpha value is -0.860. The number of hydrogen-bond acceptors (Lipinski definition) is 2. The van der Waals surface area contributed by atoms with E-state index in [1.165, 1.54) is 43.3 Å². The summed E-state index contributed by atoms with van der Waals surface area (Å²) in [5.41, 5.74) is 4.49. The van der Waals surface area contributed by atoms with Gasteiger partial charge in [-0.15, -0.1) is 0 Å². The summed E-state index contributed by atoms with van der Waals surface area (Å²) in [7, 11) is 0. The molecular weight excluding hydrogens is 344 g/mol. The minimum absolute atomic E-state index is 0.188. The van der Waals surface area contributed by atoms with Crippen molar-refractivity contribution in [3.63, 3.8) is 0 Å². The quantitative estimate of drug-likeness (QED) is 0.556. The Labute approximate surface area is 173 Å². The van der Waals surface area contributed by atoms with E-state index in [9.17, 15) is 5.11 Å². The van der Waals surface area contributed by atoms with Gasteiger partial charge in [0.2, 0.25) is 0 Å². The van der Waals surface area contributed by atoms with Gasteiger partial charge in [0.05, 0.1) is 12.2 Å². The van der Waals surface area contributed by atoms with Crippen LogP contribution in [0.1, 0.15) is 85.5 Å². The predicted octanol–water partition coefficient (Wildman–Crippen LogP) is 6.61. The maximum absolute atomic E-state index is 10.0. The molecule has 158 valence electrons. The highest BCUT2D eigenvalue weighted by Gasteiger charge is 2.51. The molecule has 3 rings (SSSR count). The fourth-order valence-corrected chi connectivity index (χ4v) is 6.05. The van der Waals surface area contributed by atoms with Crippen molar-refractivity contribution < 1.29 is 9.84 Å². The molecule has 0 aromatic rings. The zero-order chi connectivity index (χ0) is 20.3. The second-order valence-corrected chi connectivity index (χ2v) is 10.3. The summed E-state index contributed by atoms with van der Waals surface area (Å²) in [5.74, 6) is 2.08. The lowest BCUT2D eigenvalue weighted by Gasteiger charge is -2.44. The Bertz CT molecular complexity index is 614. The Morgan fingerprint density at radius 2 is 1.96 bits per heavy atom. The molecule has 3 saturated carbocycles. The molecule has 0 heterocycles. The van der Waals surface area contributed by atoms with E-state index >= 15 is 0 Å². The smallest absolute Gasteiger partial charge is 0.0583 e. The number of hydrogen-bond donors (Lipinski definition) is 1. The predicted molar refractivity (Wildman–Crippen MR) is 118 cm³/mol. The third kappa shape index (κ3) is 4.82. The van der Waals surface area contributed by atoms with Gasteiger partial charge in [-0.2, -0.15) is 0 Å². The molecule has 0 unspecified atom stereocenters. The third-order valence-electron chi connectivity index (χ3n) is 7.87. The van der Waals surface area contributed by atoms with Gasteiger partial charge in [0.15, 0.2) is 0 Å². The van der Waals surface area contributed by atoms with Gasteiger partial charge in [0, 0.05) is 6.61 Å². The molecule has 2 nitrogen and oxygen atoms in total. The molecule has 28 heavy (non-hydrogen) atoms. The maximum Gasteiger partial charge on any atom is 0.0583 e. The summed E-state index contributed by atoms with van der Waals surface area (Å²) >= 11 is 0. The van der Waals surface area contributed by atoms with Gasteiger partial charge < -0.3 is 9.84 Å². The Morgan fingerprint density at radius 3 is 2.71 bits per heavy atom. The van der Waals surface area contributed by atoms with Crippen LogP contribution in [0.5, 0.6) is 0 Å². The number of allylic oxidation sites excluding steroid dienone is 4. The van der Waals surface area contributed by atoms with Crippen LogP contribution in [-0.2, 0) is 4.74 Å². The normalized spacial score (nSPS) is 37.6. The molecule has 5 atom stereocenters. The van der Waals surface area contributed by atoms with E-state index in [4.69, 9.17) is 4.74 Å². The molecule has 0 spiro atoms. The molecular formula is C26H42O2. The number of aliphatic hydroxyl groups excluding tert-OH is 1. The lowest BCUT2D eigenvalue weighted by atomic mass is 9.62. The fourth-order valence-electron chi connectivity index (χ4n) is 6.05. The summed E-state index contributed by atoms with van der Waals surface area (Å²) in [6, 6.07) is 0. The topological polar surface area (TPSA) is 29.5 Å². The van der Waals surface area contributed by atoms with Crippen LogP contribution < -0.4 is 0 Å². The molecule has 0 saturated heterocycles. The molecule has 0 radical (unpaired) electrons. The van der Waals surface area contributed by atoms with E-state index in [-0.39, 0.29) is 6.10 Å². The van der Waals surface area contributed by atoms with Gasteiger partial charge in [-0.3, -0.25) is 0 Å². The van der Waals surface area contributed by atoms with Crippen molar-refractivity contribution >= 4 is 0 Å². The van der Waals surface area contributed by atoms with Crippen LogP contribution in [-0.4, -0.2) is 23.9 Å². The Balaban J connectivity index is 1.70. The molecule has 0 aromatic carbocycles. The van der Waals surface area contributed by atoms with E-state index in [0.717, 1.165) is 32.3 Å². The monoisotopic (exact) mass is 386 g/mol. The van der Waals surface area contributed by atoms with E-state index in [0.29, 0.717) is 29.3 Å². The highest BCUT2D eigenvalue weighted by molar-refractivity contribution is 5.36. The van der Waals surface area contributed by atoms with Gasteiger partial charge in [0.25, 0.3) is 0 Å². The van der Waals surface area contributed by atoms with Crippen LogP contribution in [0.25, 0.3) is 0 Å². The zero-order valence-corrected chi connectivity index (χ0v) is 18.7. The van der Waals surface area contributed by atoms with Gasteiger partial charge in [-0.05, 0) is 93.5 Å². The summed E-state index contributed by atoms with van der Waals surface area (Å²) in [6.45, 7) is 14.5. The molecule has 2 heteroatoms. The van der Waals surface area contributed by atoms with Crippen molar-refractivity contribution in [3.8, 4) is 0 Å². The number of rotatable bonds is 6. The minimum Gasteiger partial charge on any atom is -0.393 e. The van der Waals surface area contributed by atoms with E-state index < -0.39 is 0 Å². The molecule has 3 aliphatic rings. The summed E-state index contributed by atoms with van der Waals surface area (Å²) < 4.78 is 6.30. The summed E-state index contributed by atoms with van der Waals surface area (Å²) in [6.07, 6.45) is 15.0. The Kier molecular flexibility index (Phi) is 7.26. The van der Waals surface area contributed by atoms with E-state index in [2.05, 4.69) is 46.4 Å². The van der Waals surface area contributed by atoms with Crippen LogP contribution in [0.15, 0.2) is 35.5 Å². The molecule has 3 fully saturated rings. The van der Waals surface area contributed by atoms with Gasteiger partial charge in [-0.1, -0.05) is 50.6 Å². The lowest BCUT2D eigenvalue weighted by Crippen LogP contribution is -2.38. The molecule has 0 bridgehead atoms. The standard InChI is InChI=1S/C26H42O2/c1-18(2)14-16-28-20(4)24-12-13-25-21(7-6-15-26(24,25)5)9-10-22-17-23(27)11-8-19(22)3/h9-10,18,20,23-25,27H,3,6-8,11-17H2,1-2,4-5H3/b21-9+,22-10-/t20-,23-,24+,25-,26+/m0/s1. The zero-order valence-electron chi connectivity index (χ0n) is 18.7. The average molecular weight is 387 g/mol. The first-order chi connectivity index (χ1) is 13.3. The highest BCUT2D eigenvalue weighted by atomic mass is 16.5. The highest BCUT2D eigenvalue weighted by Crippen LogP contribution is 2.58. The average Bonchev–Trinajstić information content (AvgIpc) is 2.99. The summed E-state index contributed by atoms with van der Waals surface area (Å²) in [5, 5.41) is 10.0. The van der Waals surface area contributed by atoms with Gasteiger partial charge >= 0.3 is 0 Å². The SMILES string of the molecule is C=C1CC[C@H](O)C/C1=C/C=C1\CCC[C@]2(C)[C@@H]([C@H](C)OCCC(C)C)CC[C@@H]12. The van der Waals surface area contributed by atoms with E-state index in [1.54, 1.807) is 5.57 Å². The molecule has 3 aliphatic carbocycles. The van der Waals surface area contributed by atoms with Crippen LogP contribution in [0.4, 0.5) is 0 Å². The fraction of sp³-hybridized carbons (Fsp3) is 0.769. The third-order valence-corrected chi connectivity index (χ3v) is 7.87. The second-order valence-electron chi connectivity index (χ2n) is 10.3. The molecule has 1 N–H and O–H groups in total. The van der Waals surface area contributed by atoms with Crippen LogP contribution in [0.3, 0.4) is 0 Å². The first-order valence-electron chi connectivity index (χ1n) is 11.7. The first kappa shape index (κ1) is 21.8. The van der Waals surface area contributed by atoms with Crippen LogP contribution in [0.2, 0.25) is 0 Å². The van der Waals surface area contributed by atoms with Crippen molar-refractivity contribution in [1.29, 1.82) is 0 Å². The van der Waals surface area contributed by atoms with Crippen molar-refractivity contribution in [3.05, 3.63) is 35.5 Å². The molecule has 0 aromatic heterocycles. The van der Waals surface area contributed by atoms with Gasteiger partial charge in [0.1, 0.15) is 0 Å². The number of ether oxygens (including phenoxy) is 1.